The number of carbonyl (C=O) groups is 1. The Kier molecular flexibility index (Phi) is 2.45. The minimum absolute atomic E-state index is 0.0995. The summed E-state index contributed by atoms with van der Waals surface area (Å²) in [6, 6.07) is 0. The maximum Gasteiger partial charge on any atom is 0.205 e. The first-order chi connectivity index (χ1) is 4.88. The third-order valence-corrected chi connectivity index (χ3v) is 1.49. The summed E-state index contributed by atoms with van der Waals surface area (Å²) in [7, 11) is 1.56. The van der Waals surface area contributed by atoms with Crippen LogP contribution in [0.4, 0.5) is 0 Å². The smallest absolute Gasteiger partial charge is 0.205 e. The molecule has 0 fully saturated rings. The molecule has 0 aromatic rings. The first-order valence-electron chi connectivity index (χ1n) is 3.17. The van der Waals surface area contributed by atoms with Crippen molar-refractivity contribution in [2.75, 3.05) is 7.11 Å². The van der Waals surface area contributed by atoms with Crippen molar-refractivity contribution in [2.24, 2.45) is 5.92 Å². The Morgan fingerprint density at radius 3 is 3.20 bits per heavy atom. The summed E-state index contributed by atoms with van der Waals surface area (Å²) in [5.41, 5.74) is 0. The summed E-state index contributed by atoms with van der Waals surface area (Å²) in [4.78, 5) is 10.1. The predicted octanol–water partition coefficient (Wildman–Crippen LogP) is 0.708. The van der Waals surface area contributed by atoms with Crippen molar-refractivity contribution in [1.29, 1.82) is 0 Å². The zero-order valence-electron chi connectivity index (χ0n) is 5.82. The van der Waals surface area contributed by atoms with E-state index in [2.05, 4.69) is 0 Å². The zero-order chi connectivity index (χ0) is 7.40. The van der Waals surface area contributed by atoms with Crippen LogP contribution in [0, 0.1) is 5.92 Å². The molecule has 0 aliphatic carbocycles. The molecule has 3 nitrogen and oxygen atoms in total. The maximum atomic E-state index is 10.1. The number of hydrogen-bond acceptors (Lipinski definition) is 3. The molecule has 1 rings (SSSR count). The number of hydrogen-bond donors (Lipinski definition) is 0. The fourth-order valence-electron chi connectivity index (χ4n) is 0.946. The number of methoxy groups -OCH3 is 1. The van der Waals surface area contributed by atoms with Crippen LogP contribution in [0.15, 0.2) is 12.3 Å². The van der Waals surface area contributed by atoms with E-state index in [1.807, 2.05) is 6.08 Å². The Hall–Kier alpha value is -0.830. The molecular weight excluding hydrogens is 132 g/mol. The second-order valence-electron chi connectivity index (χ2n) is 2.13. The van der Waals surface area contributed by atoms with Crippen LogP contribution < -0.4 is 0 Å². The van der Waals surface area contributed by atoms with Gasteiger partial charge in [-0.1, -0.05) is 0 Å². The third-order valence-electron chi connectivity index (χ3n) is 1.49. The van der Waals surface area contributed by atoms with Crippen molar-refractivity contribution < 1.29 is 14.3 Å². The zero-order valence-corrected chi connectivity index (χ0v) is 5.82. The van der Waals surface area contributed by atoms with Gasteiger partial charge in [-0.15, -0.1) is 0 Å². The van der Waals surface area contributed by atoms with E-state index >= 15 is 0 Å². The number of carbonyl (C=O) groups excluding carboxylic acids is 1. The lowest BCUT2D eigenvalue weighted by atomic mass is 10.1. The Balaban J connectivity index is 2.40. The van der Waals surface area contributed by atoms with E-state index in [4.69, 9.17) is 9.47 Å². The van der Waals surface area contributed by atoms with Gasteiger partial charge in [0, 0.05) is 19.4 Å². The van der Waals surface area contributed by atoms with Gasteiger partial charge < -0.3 is 14.3 Å². The highest BCUT2D eigenvalue weighted by Gasteiger charge is 2.23. The molecule has 0 radical (unpaired) electrons. The molecule has 56 valence electrons. The molecule has 0 bridgehead atoms. The second kappa shape index (κ2) is 3.37. The lowest BCUT2D eigenvalue weighted by molar-refractivity contribution is -0.115. The molecule has 0 amide bonds. The Bertz CT molecular complexity index is 142. The Morgan fingerprint density at radius 1 is 1.80 bits per heavy atom. The van der Waals surface area contributed by atoms with E-state index in [1.54, 1.807) is 13.4 Å². The number of rotatable bonds is 3. The van der Waals surface area contributed by atoms with Crippen molar-refractivity contribution in [1.82, 2.24) is 0 Å². The fourth-order valence-corrected chi connectivity index (χ4v) is 0.946. The van der Waals surface area contributed by atoms with Gasteiger partial charge in [0.05, 0.1) is 6.26 Å². The van der Waals surface area contributed by atoms with Gasteiger partial charge in [-0.3, -0.25) is 0 Å². The molecule has 2 atom stereocenters. The van der Waals surface area contributed by atoms with Crippen LogP contribution in [0.5, 0.6) is 0 Å². The van der Waals surface area contributed by atoms with E-state index in [0.717, 1.165) is 6.29 Å². The molecule has 0 saturated carbocycles. The second-order valence-corrected chi connectivity index (χ2v) is 2.13. The lowest BCUT2D eigenvalue weighted by Gasteiger charge is -2.13. The topological polar surface area (TPSA) is 35.5 Å². The molecule has 0 N–H and O–H groups in total. The average molecular weight is 142 g/mol. The largest absolute Gasteiger partial charge is 0.472 e. The van der Waals surface area contributed by atoms with Crippen LogP contribution in [-0.2, 0) is 14.3 Å². The minimum atomic E-state index is -0.259. The molecule has 0 saturated heterocycles. The standard InChI is InChI=1S/C7H10O3/c1-9-7-6(2-4-8)3-5-10-7/h3-7H,2H2,1H3/t6-,7+/m1/s1. The SMILES string of the molecule is CO[C@H]1OC=C[C@H]1CC=O. The highest BCUT2D eigenvalue weighted by atomic mass is 16.7. The van der Waals surface area contributed by atoms with Crippen molar-refractivity contribution in [2.45, 2.75) is 12.7 Å². The van der Waals surface area contributed by atoms with Gasteiger partial charge in [-0.2, -0.15) is 0 Å². The molecular formula is C7H10O3. The molecule has 1 aliphatic heterocycles. The van der Waals surface area contributed by atoms with Crippen molar-refractivity contribution in [3.05, 3.63) is 12.3 Å². The number of aldehydes is 1. The van der Waals surface area contributed by atoms with E-state index in [0.29, 0.717) is 6.42 Å². The molecule has 3 heteroatoms. The highest BCUT2D eigenvalue weighted by Crippen LogP contribution is 2.19. The van der Waals surface area contributed by atoms with E-state index in [-0.39, 0.29) is 12.2 Å². The Morgan fingerprint density at radius 2 is 2.60 bits per heavy atom. The van der Waals surface area contributed by atoms with Gasteiger partial charge in [0.2, 0.25) is 6.29 Å². The van der Waals surface area contributed by atoms with E-state index in [1.165, 1.54) is 0 Å². The van der Waals surface area contributed by atoms with Crippen LogP contribution in [0.2, 0.25) is 0 Å². The van der Waals surface area contributed by atoms with Gasteiger partial charge >= 0.3 is 0 Å². The molecule has 0 aromatic heterocycles. The summed E-state index contributed by atoms with van der Waals surface area (Å²) in [6.07, 6.45) is 4.49. The van der Waals surface area contributed by atoms with E-state index in [9.17, 15) is 4.79 Å². The van der Waals surface area contributed by atoms with Gasteiger partial charge in [0.25, 0.3) is 0 Å². The van der Waals surface area contributed by atoms with Crippen molar-refractivity contribution in [3.63, 3.8) is 0 Å². The summed E-state index contributed by atoms with van der Waals surface area (Å²) in [5, 5.41) is 0. The Labute approximate surface area is 59.6 Å². The molecule has 0 unspecified atom stereocenters. The molecule has 1 heterocycles. The monoisotopic (exact) mass is 142 g/mol. The summed E-state index contributed by atoms with van der Waals surface area (Å²) >= 11 is 0. The van der Waals surface area contributed by atoms with Crippen LogP contribution >= 0.6 is 0 Å². The van der Waals surface area contributed by atoms with Crippen molar-refractivity contribution >= 4 is 6.29 Å². The lowest BCUT2D eigenvalue weighted by Crippen LogP contribution is -2.18. The van der Waals surface area contributed by atoms with Gasteiger partial charge in [0.1, 0.15) is 6.29 Å². The summed E-state index contributed by atoms with van der Waals surface area (Å²) in [6.45, 7) is 0. The first kappa shape index (κ1) is 7.28. The van der Waals surface area contributed by atoms with E-state index < -0.39 is 0 Å². The summed E-state index contributed by atoms with van der Waals surface area (Å²) in [5.74, 6) is 0.0995. The normalized spacial score (nSPS) is 30.1. The number of ether oxygens (including phenoxy) is 2. The minimum Gasteiger partial charge on any atom is -0.472 e. The molecule has 0 spiro atoms. The quantitative estimate of drug-likeness (QED) is 0.544. The van der Waals surface area contributed by atoms with Gasteiger partial charge in [0.15, 0.2) is 0 Å². The predicted molar refractivity (Wildman–Crippen MR) is 35.2 cm³/mol. The highest BCUT2D eigenvalue weighted by molar-refractivity contribution is 5.50. The van der Waals surface area contributed by atoms with Crippen LogP contribution in [-0.4, -0.2) is 19.7 Å². The molecule has 0 aromatic carbocycles. The maximum absolute atomic E-state index is 10.1. The van der Waals surface area contributed by atoms with Crippen LogP contribution in [0.1, 0.15) is 6.42 Å². The molecule has 1 aliphatic rings. The first-order valence-corrected chi connectivity index (χ1v) is 3.17. The van der Waals surface area contributed by atoms with Crippen LogP contribution in [0.3, 0.4) is 0 Å². The van der Waals surface area contributed by atoms with Gasteiger partial charge in [-0.25, -0.2) is 0 Å². The fraction of sp³-hybridized carbons (Fsp3) is 0.571. The summed E-state index contributed by atoms with van der Waals surface area (Å²) < 4.78 is 9.94. The van der Waals surface area contributed by atoms with Gasteiger partial charge in [-0.05, 0) is 6.08 Å². The molecule has 10 heavy (non-hydrogen) atoms. The van der Waals surface area contributed by atoms with Crippen molar-refractivity contribution in [3.8, 4) is 0 Å². The van der Waals surface area contributed by atoms with Crippen LogP contribution in [0.25, 0.3) is 0 Å². The third kappa shape index (κ3) is 1.36. The average Bonchev–Trinajstić information content (AvgIpc) is 2.36.